The van der Waals surface area contributed by atoms with E-state index in [4.69, 9.17) is 9.73 Å². The summed E-state index contributed by atoms with van der Waals surface area (Å²) in [7, 11) is 3.97. The van der Waals surface area contributed by atoms with Gasteiger partial charge in [-0.15, -0.1) is 11.8 Å². The summed E-state index contributed by atoms with van der Waals surface area (Å²) in [5, 5.41) is 4.15. The topological polar surface area (TPSA) is 57.2 Å². The number of carbonyl (C=O) groups is 1. The van der Waals surface area contributed by atoms with Gasteiger partial charge in [0.1, 0.15) is 5.82 Å². The fourth-order valence-electron chi connectivity index (χ4n) is 4.27. The SMILES string of the molecule is CC/C(C)=C/C1=C(N=C(C)SC)N(C)CCN(c2cccc(COC(CCNC)c3ccccc3)c2)C1=O. The molecular formula is C31H42N4O2S. The fourth-order valence-corrected chi connectivity index (χ4v) is 4.44. The quantitative estimate of drug-likeness (QED) is 0.276. The summed E-state index contributed by atoms with van der Waals surface area (Å²) >= 11 is 1.59. The summed E-state index contributed by atoms with van der Waals surface area (Å²) in [4.78, 5) is 22.8. The monoisotopic (exact) mass is 534 g/mol. The molecule has 0 bridgehead atoms. The van der Waals surface area contributed by atoms with Crippen LogP contribution in [0, 0.1) is 0 Å². The van der Waals surface area contributed by atoms with Crippen LogP contribution >= 0.6 is 11.8 Å². The van der Waals surface area contributed by atoms with Gasteiger partial charge in [0.2, 0.25) is 0 Å². The number of benzene rings is 2. The van der Waals surface area contributed by atoms with Gasteiger partial charge in [0.15, 0.2) is 0 Å². The first-order valence-corrected chi connectivity index (χ1v) is 14.5. The Labute approximate surface area is 232 Å². The van der Waals surface area contributed by atoms with Crippen LogP contribution in [0.2, 0.25) is 0 Å². The van der Waals surface area contributed by atoms with Crippen LogP contribution in [0.1, 0.15) is 50.8 Å². The van der Waals surface area contributed by atoms with Crippen LogP contribution in [0.5, 0.6) is 0 Å². The van der Waals surface area contributed by atoms with E-state index in [-0.39, 0.29) is 12.0 Å². The number of thioether (sulfide) groups is 1. The Kier molecular flexibility index (Phi) is 11.6. The van der Waals surface area contributed by atoms with Crippen LogP contribution in [-0.4, -0.2) is 55.8 Å². The largest absolute Gasteiger partial charge is 0.369 e. The maximum atomic E-state index is 14.0. The number of nitrogens with zero attached hydrogens (tertiary/aromatic N) is 3. The molecule has 2 aromatic carbocycles. The number of aliphatic imine (C=N–C) groups is 1. The van der Waals surface area contributed by atoms with Crippen molar-refractivity contribution >= 4 is 28.4 Å². The van der Waals surface area contributed by atoms with Crippen molar-refractivity contribution < 1.29 is 9.53 Å². The van der Waals surface area contributed by atoms with Crippen molar-refractivity contribution in [1.82, 2.24) is 10.2 Å². The Balaban J connectivity index is 1.89. The molecule has 1 aliphatic heterocycles. The third-order valence-electron chi connectivity index (χ3n) is 6.75. The van der Waals surface area contributed by atoms with E-state index < -0.39 is 0 Å². The van der Waals surface area contributed by atoms with E-state index >= 15 is 0 Å². The van der Waals surface area contributed by atoms with E-state index in [2.05, 4.69) is 48.3 Å². The Bertz CT molecular complexity index is 1160. The fraction of sp³-hybridized carbons (Fsp3) is 0.419. The second-order valence-electron chi connectivity index (χ2n) is 9.57. The van der Waals surface area contributed by atoms with Gasteiger partial charge in [-0.2, -0.15) is 0 Å². The minimum absolute atomic E-state index is 0.00226. The van der Waals surface area contributed by atoms with Crippen molar-refractivity contribution in [1.29, 1.82) is 0 Å². The number of anilines is 1. The van der Waals surface area contributed by atoms with Crippen LogP contribution in [0.3, 0.4) is 0 Å². The van der Waals surface area contributed by atoms with Crippen LogP contribution in [0.4, 0.5) is 5.69 Å². The summed E-state index contributed by atoms with van der Waals surface area (Å²) in [5.41, 5.74) is 4.87. The van der Waals surface area contributed by atoms with Crippen molar-refractivity contribution in [3.05, 3.63) is 88.8 Å². The zero-order valence-corrected chi connectivity index (χ0v) is 24.5. The third-order valence-corrected chi connectivity index (χ3v) is 7.43. The van der Waals surface area contributed by atoms with Gasteiger partial charge in [0, 0.05) is 25.8 Å². The van der Waals surface area contributed by atoms with Gasteiger partial charge in [0.05, 0.1) is 23.3 Å². The number of carbonyl (C=O) groups excluding carboxylic acids is 1. The average Bonchev–Trinajstić information content (AvgIpc) is 3.05. The predicted molar refractivity (Wildman–Crippen MR) is 162 cm³/mol. The molecule has 1 amide bonds. The Morgan fingerprint density at radius 2 is 1.92 bits per heavy atom. The molecule has 204 valence electrons. The third kappa shape index (κ3) is 8.06. The van der Waals surface area contributed by atoms with Crippen molar-refractivity contribution in [3.63, 3.8) is 0 Å². The molecule has 1 heterocycles. The maximum absolute atomic E-state index is 14.0. The van der Waals surface area contributed by atoms with E-state index in [1.807, 2.05) is 68.6 Å². The molecule has 1 N–H and O–H groups in total. The van der Waals surface area contributed by atoms with Crippen LogP contribution in [0.25, 0.3) is 0 Å². The van der Waals surface area contributed by atoms with Gasteiger partial charge in [-0.25, -0.2) is 4.99 Å². The van der Waals surface area contributed by atoms with E-state index in [1.165, 1.54) is 5.56 Å². The lowest BCUT2D eigenvalue weighted by Crippen LogP contribution is -2.34. The second kappa shape index (κ2) is 14.9. The number of hydrogen-bond acceptors (Lipinski definition) is 6. The molecule has 0 saturated heterocycles. The van der Waals surface area contributed by atoms with E-state index in [0.29, 0.717) is 25.3 Å². The molecule has 0 radical (unpaired) electrons. The highest BCUT2D eigenvalue weighted by Gasteiger charge is 2.28. The highest BCUT2D eigenvalue weighted by molar-refractivity contribution is 8.13. The molecule has 2 aromatic rings. The lowest BCUT2D eigenvalue weighted by atomic mass is 10.1. The van der Waals surface area contributed by atoms with Gasteiger partial charge >= 0.3 is 0 Å². The first kappa shape index (κ1) is 29.7. The van der Waals surface area contributed by atoms with Gasteiger partial charge in [0.25, 0.3) is 5.91 Å². The molecule has 0 aromatic heterocycles. The zero-order chi connectivity index (χ0) is 27.5. The number of likely N-dealkylation sites (N-methyl/N-ethyl adjacent to an activating group) is 1. The Morgan fingerprint density at radius 1 is 1.16 bits per heavy atom. The maximum Gasteiger partial charge on any atom is 0.262 e. The molecule has 0 saturated carbocycles. The number of hydrogen-bond donors (Lipinski definition) is 1. The van der Waals surface area contributed by atoms with E-state index in [9.17, 15) is 4.79 Å². The average molecular weight is 535 g/mol. The summed E-state index contributed by atoms with van der Waals surface area (Å²) in [6.45, 7) is 8.76. The Morgan fingerprint density at radius 3 is 2.61 bits per heavy atom. The van der Waals surface area contributed by atoms with Gasteiger partial charge in [-0.05, 0) is 75.9 Å². The Hall–Kier alpha value is -2.87. The molecule has 1 atom stereocenters. The number of amides is 1. The number of allylic oxidation sites excluding steroid dienone is 1. The predicted octanol–water partition coefficient (Wildman–Crippen LogP) is 6.18. The standard InChI is InChI=1S/C31H42N4O2S/c1-7-23(2)20-28-30(33-24(3)38-6)34(5)18-19-35(31(28)36)27-15-11-12-25(21-27)22-37-29(16-17-32-4)26-13-9-8-10-14-26/h8-15,20-21,29,32H,7,16-19,22H2,1-6H3/b23-20+,33-24?. The minimum atomic E-state index is -0.0240. The summed E-state index contributed by atoms with van der Waals surface area (Å²) in [6, 6.07) is 18.5. The lowest BCUT2D eigenvalue weighted by Gasteiger charge is -2.23. The molecule has 1 aliphatic rings. The van der Waals surface area contributed by atoms with Gasteiger partial charge in [-0.3, -0.25) is 4.79 Å². The number of nitrogens with one attached hydrogen (secondary N) is 1. The smallest absolute Gasteiger partial charge is 0.262 e. The minimum Gasteiger partial charge on any atom is -0.369 e. The molecule has 6 nitrogen and oxygen atoms in total. The molecule has 38 heavy (non-hydrogen) atoms. The highest BCUT2D eigenvalue weighted by Crippen LogP contribution is 2.28. The molecule has 0 spiro atoms. The molecule has 3 rings (SSSR count). The van der Waals surface area contributed by atoms with Gasteiger partial charge in [-0.1, -0.05) is 55.0 Å². The molecule has 0 aliphatic carbocycles. The number of rotatable bonds is 11. The van der Waals surface area contributed by atoms with E-state index in [1.54, 1.807) is 11.8 Å². The highest BCUT2D eigenvalue weighted by atomic mass is 32.2. The molecule has 0 fully saturated rings. The van der Waals surface area contributed by atoms with Crippen molar-refractivity contribution in [2.45, 2.75) is 46.3 Å². The molecule has 1 unspecified atom stereocenters. The van der Waals surface area contributed by atoms with Crippen LogP contribution in [0.15, 0.2) is 82.6 Å². The molecule has 7 heteroatoms. The van der Waals surface area contributed by atoms with E-state index in [0.717, 1.165) is 47.1 Å². The summed E-state index contributed by atoms with van der Waals surface area (Å²) in [6.07, 6.45) is 5.77. The van der Waals surface area contributed by atoms with Crippen LogP contribution < -0.4 is 10.2 Å². The summed E-state index contributed by atoms with van der Waals surface area (Å²) < 4.78 is 6.40. The normalized spacial score (nSPS) is 16.2. The zero-order valence-electron chi connectivity index (χ0n) is 23.7. The first-order valence-electron chi connectivity index (χ1n) is 13.3. The molecular weight excluding hydrogens is 492 g/mol. The number of ether oxygens (including phenoxy) is 1. The van der Waals surface area contributed by atoms with Crippen molar-refractivity contribution in [2.24, 2.45) is 4.99 Å². The second-order valence-corrected chi connectivity index (χ2v) is 10.6. The van der Waals surface area contributed by atoms with Crippen molar-refractivity contribution in [2.75, 3.05) is 44.9 Å². The first-order chi connectivity index (χ1) is 18.4. The van der Waals surface area contributed by atoms with Crippen LogP contribution in [-0.2, 0) is 16.1 Å². The summed E-state index contributed by atoms with van der Waals surface area (Å²) in [5.74, 6) is 0.705. The van der Waals surface area contributed by atoms with Crippen molar-refractivity contribution in [3.8, 4) is 0 Å². The van der Waals surface area contributed by atoms with Gasteiger partial charge < -0.3 is 19.9 Å². The lowest BCUT2D eigenvalue weighted by molar-refractivity contribution is -0.114.